The van der Waals surface area contributed by atoms with Gasteiger partial charge in [0.2, 0.25) is 0 Å². The summed E-state index contributed by atoms with van der Waals surface area (Å²) in [6.07, 6.45) is 2.24. The Labute approximate surface area is 85.4 Å². The third-order valence-corrected chi connectivity index (χ3v) is 1.95. The molecule has 14 heavy (non-hydrogen) atoms. The molecule has 1 amide bonds. The lowest BCUT2D eigenvalue weighted by molar-refractivity contribution is 0.133. The SMILES string of the molecule is CC(C)COC(=O)NCCNC1CC1. The van der Waals surface area contributed by atoms with Crippen LogP contribution in [0.4, 0.5) is 4.79 Å². The van der Waals surface area contributed by atoms with Gasteiger partial charge >= 0.3 is 6.09 Å². The van der Waals surface area contributed by atoms with E-state index >= 15 is 0 Å². The Balaban J connectivity index is 1.86. The summed E-state index contributed by atoms with van der Waals surface area (Å²) in [5, 5.41) is 6.00. The molecule has 0 heterocycles. The molecular formula is C10H20N2O2. The van der Waals surface area contributed by atoms with E-state index < -0.39 is 0 Å². The fourth-order valence-corrected chi connectivity index (χ4v) is 1.02. The van der Waals surface area contributed by atoms with Crippen molar-refractivity contribution >= 4 is 6.09 Å². The minimum atomic E-state index is -0.309. The molecule has 4 nitrogen and oxygen atoms in total. The van der Waals surface area contributed by atoms with Crippen LogP contribution in [0.1, 0.15) is 26.7 Å². The summed E-state index contributed by atoms with van der Waals surface area (Å²) >= 11 is 0. The van der Waals surface area contributed by atoms with E-state index in [-0.39, 0.29) is 6.09 Å². The highest BCUT2D eigenvalue weighted by atomic mass is 16.5. The maximum atomic E-state index is 11.0. The Morgan fingerprint density at radius 3 is 2.71 bits per heavy atom. The van der Waals surface area contributed by atoms with Crippen molar-refractivity contribution in [3.8, 4) is 0 Å². The molecule has 0 saturated heterocycles. The number of ether oxygens (including phenoxy) is 1. The van der Waals surface area contributed by atoms with Crippen molar-refractivity contribution in [2.75, 3.05) is 19.7 Å². The highest BCUT2D eigenvalue weighted by Gasteiger charge is 2.19. The molecule has 1 fully saturated rings. The van der Waals surface area contributed by atoms with E-state index in [2.05, 4.69) is 10.6 Å². The van der Waals surface area contributed by atoms with E-state index in [9.17, 15) is 4.79 Å². The van der Waals surface area contributed by atoms with Crippen molar-refractivity contribution in [3.05, 3.63) is 0 Å². The molecule has 0 aromatic carbocycles. The monoisotopic (exact) mass is 200 g/mol. The van der Waals surface area contributed by atoms with E-state index in [1.807, 2.05) is 13.8 Å². The van der Waals surface area contributed by atoms with Gasteiger partial charge in [-0.2, -0.15) is 0 Å². The van der Waals surface area contributed by atoms with Crippen LogP contribution in [0.3, 0.4) is 0 Å². The number of rotatable bonds is 6. The van der Waals surface area contributed by atoms with Crippen molar-refractivity contribution in [2.45, 2.75) is 32.7 Å². The smallest absolute Gasteiger partial charge is 0.407 e. The van der Waals surface area contributed by atoms with Gasteiger partial charge in [0.15, 0.2) is 0 Å². The first kappa shape index (κ1) is 11.3. The van der Waals surface area contributed by atoms with Gasteiger partial charge < -0.3 is 15.4 Å². The molecule has 1 aliphatic rings. The molecule has 0 aromatic heterocycles. The van der Waals surface area contributed by atoms with E-state index in [1.165, 1.54) is 12.8 Å². The third-order valence-electron chi connectivity index (χ3n) is 1.95. The molecule has 1 rings (SSSR count). The van der Waals surface area contributed by atoms with Gasteiger partial charge in [-0.3, -0.25) is 0 Å². The highest BCUT2D eigenvalue weighted by Crippen LogP contribution is 2.17. The lowest BCUT2D eigenvalue weighted by Gasteiger charge is -2.08. The van der Waals surface area contributed by atoms with Gasteiger partial charge in [0, 0.05) is 19.1 Å². The maximum absolute atomic E-state index is 11.0. The maximum Gasteiger partial charge on any atom is 0.407 e. The Morgan fingerprint density at radius 2 is 2.14 bits per heavy atom. The number of alkyl carbamates (subject to hydrolysis) is 1. The molecule has 1 aliphatic carbocycles. The first-order valence-corrected chi connectivity index (χ1v) is 5.32. The molecule has 82 valence electrons. The Morgan fingerprint density at radius 1 is 1.43 bits per heavy atom. The summed E-state index contributed by atoms with van der Waals surface area (Å²) in [5.41, 5.74) is 0. The molecule has 4 heteroatoms. The van der Waals surface area contributed by atoms with E-state index in [0.717, 1.165) is 6.54 Å². The van der Waals surface area contributed by atoms with Crippen LogP contribution in [0.15, 0.2) is 0 Å². The largest absolute Gasteiger partial charge is 0.449 e. The van der Waals surface area contributed by atoms with Crippen LogP contribution in [-0.4, -0.2) is 31.8 Å². The highest BCUT2D eigenvalue weighted by molar-refractivity contribution is 5.67. The van der Waals surface area contributed by atoms with E-state index in [4.69, 9.17) is 4.74 Å². The van der Waals surface area contributed by atoms with Crippen molar-refractivity contribution < 1.29 is 9.53 Å². The van der Waals surface area contributed by atoms with Crippen LogP contribution in [0.25, 0.3) is 0 Å². The number of carbonyl (C=O) groups excluding carboxylic acids is 1. The number of nitrogens with one attached hydrogen (secondary N) is 2. The summed E-state index contributed by atoms with van der Waals surface area (Å²) in [6, 6.07) is 0.698. The molecule has 2 N–H and O–H groups in total. The van der Waals surface area contributed by atoms with Gasteiger partial charge in [-0.15, -0.1) is 0 Å². The second-order valence-electron chi connectivity index (χ2n) is 4.15. The van der Waals surface area contributed by atoms with Gasteiger partial charge in [0.25, 0.3) is 0 Å². The molecule has 0 spiro atoms. The predicted molar refractivity (Wildman–Crippen MR) is 55.2 cm³/mol. The zero-order chi connectivity index (χ0) is 10.4. The minimum Gasteiger partial charge on any atom is -0.449 e. The molecule has 0 unspecified atom stereocenters. The molecule has 0 aromatic rings. The summed E-state index contributed by atoms with van der Waals surface area (Å²) in [7, 11) is 0. The topological polar surface area (TPSA) is 50.4 Å². The molecule has 0 radical (unpaired) electrons. The molecule has 0 bridgehead atoms. The molecule has 0 aliphatic heterocycles. The van der Waals surface area contributed by atoms with Crippen LogP contribution in [0, 0.1) is 5.92 Å². The number of hydrogen-bond donors (Lipinski definition) is 2. The van der Waals surface area contributed by atoms with Crippen LogP contribution < -0.4 is 10.6 Å². The van der Waals surface area contributed by atoms with Gasteiger partial charge in [0.1, 0.15) is 0 Å². The van der Waals surface area contributed by atoms with E-state index in [1.54, 1.807) is 0 Å². The average molecular weight is 200 g/mol. The molecular weight excluding hydrogens is 180 g/mol. The molecule has 0 atom stereocenters. The normalized spacial score (nSPS) is 15.6. The quantitative estimate of drug-likeness (QED) is 0.632. The van der Waals surface area contributed by atoms with Crippen molar-refractivity contribution in [1.29, 1.82) is 0 Å². The van der Waals surface area contributed by atoms with E-state index in [0.29, 0.717) is 25.1 Å². The zero-order valence-electron chi connectivity index (χ0n) is 9.01. The third kappa shape index (κ3) is 5.80. The van der Waals surface area contributed by atoms with Gasteiger partial charge in [-0.05, 0) is 18.8 Å². The first-order chi connectivity index (χ1) is 6.68. The van der Waals surface area contributed by atoms with Gasteiger partial charge in [0.05, 0.1) is 6.61 Å². The predicted octanol–water partition coefficient (Wildman–Crippen LogP) is 1.12. The number of carbonyl (C=O) groups is 1. The van der Waals surface area contributed by atoms with Crippen molar-refractivity contribution in [1.82, 2.24) is 10.6 Å². The summed E-state index contributed by atoms with van der Waals surface area (Å²) < 4.78 is 4.95. The van der Waals surface area contributed by atoms with Crippen LogP contribution in [0.2, 0.25) is 0 Å². The average Bonchev–Trinajstić information content (AvgIpc) is 2.92. The van der Waals surface area contributed by atoms with Gasteiger partial charge in [-0.25, -0.2) is 4.79 Å². The van der Waals surface area contributed by atoms with Crippen molar-refractivity contribution in [3.63, 3.8) is 0 Å². The Bertz CT molecular complexity index is 179. The standard InChI is InChI=1S/C10H20N2O2/c1-8(2)7-14-10(13)12-6-5-11-9-3-4-9/h8-9,11H,3-7H2,1-2H3,(H,12,13). The fourth-order valence-electron chi connectivity index (χ4n) is 1.02. The molecule has 1 saturated carbocycles. The summed E-state index contributed by atoms with van der Waals surface area (Å²) in [6.45, 7) is 6.00. The lowest BCUT2D eigenvalue weighted by atomic mass is 10.2. The second-order valence-corrected chi connectivity index (χ2v) is 4.15. The number of amides is 1. The van der Waals surface area contributed by atoms with Crippen LogP contribution in [0.5, 0.6) is 0 Å². The Kier molecular flexibility index (Phi) is 4.73. The first-order valence-electron chi connectivity index (χ1n) is 5.32. The van der Waals surface area contributed by atoms with Crippen molar-refractivity contribution in [2.24, 2.45) is 5.92 Å². The van der Waals surface area contributed by atoms with Crippen LogP contribution in [-0.2, 0) is 4.74 Å². The number of hydrogen-bond acceptors (Lipinski definition) is 3. The fraction of sp³-hybridized carbons (Fsp3) is 0.900. The second kappa shape index (κ2) is 5.86. The Hall–Kier alpha value is -0.770. The summed E-state index contributed by atoms with van der Waals surface area (Å²) in [4.78, 5) is 11.0. The zero-order valence-corrected chi connectivity index (χ0v) is 9.01. The minimum absolute atomic E-state index is 0.309. The lowest BCUT2D eigenvalue weighted by Crippen LogP contribution is -2.33. The summed E-state index contributed by atoms with van der Waals surface area (Å²) in [5.74, 6) is 0.394. The van der Waals surface area contributed by atoms with Crippen LogP contribution >= 0.6 is 0 Å². The van der Waals surface area contributed by atoms with Gasteiger partial charge in [-0.1, -0.05) is 13.8 Å².